The monoisotopic (exact) mass is 359 g/mol. The molecule has 2 fully saturated rings. The topological polar surface area (TPSA) is 35.5 Å². The third kappa shape index (κ3) is 3.93. The number of hydrogen-bond acceptors (Lipinski definition) is 5. The molecule has 7 heteroatoms. The molecule has 2 saturated heterocycles. The van der Waals surface area contributed by atoms with Gasteiger partial charge in [0.1, 0.15) is 17.5 Å². The fraction of sp³-hybridized carbons (Fsp3) is 0.474. The maximum atomic E-state index is 13.3. The van der Waals surface area contributed by atoms with Gasteiger partial charge in [0.15, 0.2) is 0 Å². The van der Waals surface area contributed by atoms with Crippen LogP contribution in [0.3, 0.4) is 0 Å². The molecule has 5 nitrogen and oxygen atoms in total. The summed E-state index contributed by atoms with van der Waals surface area (Å²) in [7, 11) is 0. The molecule has 0 atom stereocenters. The van der Waals surface area contributed by atoms with E-state index in [9.17, 15) is 8.78 Å². The Bertz CT molecular complexity index is 735. The average Bonchev–Trinajstić information content (AvgIpc) is 3.16. The summed E-state index contributed by atoms with van der Waals surface area (Å²) in [5, 5.41) is 0. The zero-order chi connectivity index (χ0) is 17.9. The first kappa shape index (κ1) is 17.1. The summed E-state index contributed by atoms with van der Waals surface area (Å²) >= 11 is 0. The first-order chi connectivity index (χ1) is 12.7. The fourth-order valence-electron chi connectivity index (χ4n) is 3.68. The van der Waals surface area contributed by atoms with Crippen molar-refractivity contribution in [1.29, 1.82) is 0 Å². The van der Waals surface area contributed by atoms with Crippen molar-refractivity contribution in [2.24, 2.45) is 0 Å². The molecule has 0 saturated carbocycles. The minimum absolute atomic E-state index is 0.519. The summed E-state index contributed by atoms with van der Waals surface area (Å²) in [6.45, 7) is 5.97. The lowest BCUT2D eigenvalue weighted by Gasteiger charge is -2.35. The van der Waals surface area contributed by atoms with E-state index in [4.69, 9.17) is 4.98 Å². The summed E-state index contributed by atoms with van der Waals surface area (Å²) in [4.78, 5) is 15.8. The van der Waals surface area contributed by atoms with Gasteiger partial charge in [-0.1, -0.05) is 0 Å². The van der Waals surface area contributed by atoms with Crippen molar-refractivity contribution in [3.8, 4) is 0 Å². The largest absolute Gasteiger partial charge is 0.354 e. The van der Waals surface area contributed by atoms with E-state index in [2.05, 4.69) is 19.7 Å². The summed E-state index contributed by atoms with van der Waals surface area (Å²) in [5.74, 6) is 0.735. The summed E-state index contributed by atoms with van der Waals surface area (Å²) < 4.78 is 26.7. The van der Waals surface area contributed by atoms with Crippen molar-refractivity contribution >= 4 is 11.8 Å². The number of benzene rings is 1. The highest BCUT2D eigenvalue weighted by Crippen LogP contribution is 2.20. The second kappa shape index (κ2) is 7.53. The number of anilines is 2. The molecular formula is C19H23F2N5. The van der Waals surface area contributed by atoms with Gasteiger partial charge >= 0.3 is 0 Å². The molecule has 26 heavy (non-hydrogen) atoms. The summed E-state index contributed by atoms with van der Waals surface area (Å²) in [6.07, 6.45) is 4.23. The number of piperazine rings is 1. The predicted octanol–water partition coefficient (Wildman–Crippen LogP) is 2.68. The van der Waals surface area contributed by atoms with Gasteiger partial charge in [0, 0.05) is 58.1 Å². The lowest BCUT2D eigenvalue weighted by atomic mass is 10.2. The van der Waals surface area contributed by atoms with Crippen LogP contribution in [0.1, 0.15) is 18.4 Å². The lowest BCUT2D eigenvalue weighted by molar-refractivity contribution is 0.248. The smallest absolute Gasteiger partial charge is 0.227 e. The van der Waals surface area contributed by atoms with E-state index in [1.54, 1.807) is 0 Å². The van der Waals surface area contributed by atoms with Crippen molar-refractivity contribution in [3.63, 3.8) is 0 Å². The van der Waals surface area contributed by atoms with Gasteiger partial charge in [-0.05, 0) is 36.6 Å². The Morgan fingerprint density at radius 2 is 1.54 bits per heavy atom. The zero-order valence-electron chi connectivity index (χ0n) is 14.7. The minimum Gasteiger partial charge on any atom is -0.354 e. The average molecular weight is 359 g/mol. The van der Waals surface area contributed by atoms with Crippen LogP contribution in [0.15, 0.2) is 30.5 Å². The van der Waals surface area contributed by atoms with Crippen LogP contribution in [0.5, 0.6) is 0 Å². The molecule has 1 aromatic heterocycles. The standard InChI is InChI=1S/C19H23F2N5/c20-16-11-15(12-17(21)13-16)14-24-7-9-25(10-8-24)18-3-4-22-19(23-18)26-5-1-2-6-26/h3-4,11-13H,1-2,5-10,14H2. The van der Waals surface area contributed by atoms with Crippen LogP contribution < -0.4 is 9.80 Å². The molecule has 0 N–H and O–H groups in total. The first-order valence-corrected chi connectivity index (χ1v) is 9.18. The molecule has 0 amide bonds. The van der Waals surface area contributed by atoms with E-state index < -0.39 is 11.6 Å². The fourth-order valence-corrected chi connectivity index (χ4v) is 3.68. The van der Waals surface area contributed by atoms with Crippen LogP contribution in [0.2, 0.25) is 0 Å². The highest BCUT2D eigenvalue weighted by Gasteiger charge is 2.21. The SMILES string of the molecule is Fc1cc(F)cc(CN2CCN(c3ccnc(N4CCCC4)n3)CC2)c1. The highest BCUT2D eigenvalue weighted by atomic mass is 19.1. The number of hydrogen-bond donors (Lipinski definition) is 0. The van der Waals surface area contributed by atoms with Crippen LogP contribution in [0.25, 0.3) is 0 Å². The van der Waals surface area contributed by atoms with E-state index in [1.807, 2.05) is 12.3 Å². The van der Waals surface area contributed by atoms with Crippen molar-refractivity contribution in [2.75, 3.05) is 49.1 Å². The zero-order valence-corrected chi connectivity index (χ0v) is 14.7. The number of rotatable bonds is 4. The van der Waals surface area contributed by atoms with Gasteiger partial charge in [0.2, 0.25) is 5.95 Å². The third-order valence-corrected chi connectivity index (χ3v) is 5.04. The number of aromatic nitrogens is 2. The molecule has 2 aliphatic heterocycles. The van der Waals surface area contributed by atoms with E-state index in [-0.39, 0.29) is 0 Å². The molecule has 2 aliphatic rings. The van der Waals surface area contributed by atoms with E-state index in [0.717, 1.165) is 57.1 Å². The van der Waals surface area contributed by atoms with Gasteiger partial charge in [-0.15, -0.1) is 0 Å². The molecule has 0 bridgehead atoms. The molecule has 3 heterocycles. The molecule has 1 aromatic carbocycles. The lowest BCUT2D eigenvalue weighted by Crippen LogP contribution is -2.46. The molecule has 0 aliphatic carbocycles. The Balaban J connectivity index is 1.36. The Morgan fingerprint density at radius 1 is 0.846 bits per heavy atom. The second-order valence-corrected chi connectivity index (χ2v) is 6.95. The summed E-state index contributed by atoms with van der Waals surface area (Å²) in [6, 6.07) is 5.68. The Hall–Kier alpha value is -2.28. The van der Waals surface area contributed by atoms with Gasteiger partial charge in [0.25, 0.3) is 0 Å². The maximum absolute atomic E-state index is 13.3. The Kier molecular flexibility index (Phi) is 4.97. The molecule has 2 aromatic rings. The van der Waals surface area contributed by atoms with Crippen molar-refractivity contribution in [1.82, 2.24) is 14.9 Å². The van der Waals surface area contributed by atoms with Crippen molar-refractivity contribution < 1.29 is 8.78 Å². The highest BCUT2D eigenvalue weighted by molar-refractivity contribution is 5.44. The second-order valence-electron chi connectivity index (χ2n) is 6.95. The first-order valence-electron chi connectivity index (χ1n) is 9.18. The van der Waals surface area contributed by atoms with E-state index >= 15 is 0 Å². The van der Waals surface area contributed by atoms with Gasteiger partial charge < -0.3 is 9.80 Å². The molecule has 0 radical (unpaired) electrons. The molecule has 4 rings (SSSR count). The molecular weight excluding hydrogens is 336 g/mol. The van der Waals surface area contributed by atoms with Crippen molar-refractivity contribution in [2.45, 2.75) is 19.4 Å². The van der Waals surface area contributed by atoms with Crippen LogP contribution >= 0.6 is 0 Å². The van der Waals surface area contributed by atoms with Crippen LogP contribution in [0, 0.1) is 11.6 Å². The number of halogens is 2. The van der Waals surface area contributed by atoms with Crippen LogP contribution in [0.4, 0.5) is 20.5 Å². The number of nitrogens with zero attached hydrogens (tertiary/aromatic N) is 5. The van der Waals surface area contributed by atoms with Crippen molar-refractivity contribution in [3.05, 3.63) is 47.7 Å². The summed E-state index contributed by atoms with van der Waals surface area (Å²) in [5.41, 5.74) is 0.675. The third-order valence-electron chi connectivity index (χ3n) is 5.04. The minimum atomic E-state index is -0.519. The molecule has 138 valence electrons. The van der Waals surface area contributed by atoms with E-state index in [0.29, 0.717) is 12.1 Å². The Morgan fingerprint density at radius 3 is 2.23 bits per heavy atom. The maximum Gasteiger partial charge on any atom is 0.227 e. The normalized spacial score (nSPS) is 18.5. The van der Waals surface area contributed by atoms with Gasteiger partial charge in [0.05, 0.1) is 0 Å². The quantitative estimate of drug-likeness (QED) is 0.839. The molecule has 0 spiro atoms. The van der Waals surface area contributed by atoms with Gasteiger partial charge in [-0.25, -0.2) is 13.8 Å². The molecule has 0 unspecified atom stereocenters. The van der Waals surface area contributed by atoms with Crippen LogP contribution in [-0.2, 0) is 6.54 Å². The predicted molar refractivity (Wildman–Crippen MR) is 97.3 cm³/mol. The van der Waals surface area contributed by atoms with Gasteiger partial charge in [-0.2, -0.15) is 4.98 Å². The van der Waals surface area contributed by atoms with E-state index in [1.165, 1.54) is 25.0 Å². The van der Waals surface area contributed by atoms with Gasteiger partial charge in [-0.3, -0.25) is 4.90 Å². The van der Waals surface area contributed by atoms with Crippen LogP contribution in [-0.4, -0.2) is 54.1 Å². The Labute approximate surface area is 152 Å².